The average Bonchev–Trinajstić information content (AvgIpc) is 1.91. The molecule has 3 heteroatoms. The molecular formula is C7H13NO2. The number of aliphatic hydroxyl groups excluding tert-OH is 1. The van der Waals surface area contributed by atoms with E-state index in [0.717, 1.165) is 0 Å². The lowest BCUT2D eigenvalue weighted by molar-refractivity contribution is -0.117. The minimum absolute atomic E-state index is 0.187. The van der Waals surface area contributed by atoms with Gasteiger partial charge in [-0.3, -0.25) is 4.79 Å². The van der Waals surface area contributed by atoms with Gasteiger partial charge < -0.3 is 10.4 Å². The van der Waals surface area contributed by atoms with Crippen molar-refractivity contribution < 1.29 is 9.90 Å². The van der Waals surface area contributed by atoms with Crippen molar-refractivity contribution in [3.63, 3.8) is 0 Å². The van der Waals surface area contributed by atoms with Crippen LogP contribution < -0.4 is 5.32 Å². The van der Waals surface area contributed by atoms with Gasteiger partial charge in [0.15, 0.2) is 0 Å². The van der Waals surface area contributed by atoms with E-state index in [-0.39, 0.29) is 12.5 Å². The Kier molecular flexibility index (Phi) is 4.58. The van der Waals surface area contributed by atoms with E-state index in [1.165, 1.54) is 0 Å². The molecular weight excluding hydrogens is 130 g/mol. The van der Waals surface area contributed by atoms with Gasteiger partial charge in [0.05, 0.1) is 6.61 Å². The Morgan fingerprint density at radius 1 is 1.70 bits per heavy atom. The lowest BCUT2D eigenvalue weighted by Crippen LogP contribution is -2.25. The molecule has 10 heavy (non-hydrogen) atoms. The van der Waals surface area contributed by atoms with Crippen LogP contribution in [0.3, 0.4) is 0 Å². The first-order chi connectivity index (χ1) is 4.76. The van der Waals surface area contributed by atoms with E-state index in [2.05, 4.69) is 5.32 Å². The van der Waals surface area contributed by atoms with Crippen molar-refractivity contribution in [1.82, 2.24) is 5.32 Å². The van der Waals surface area contributed by atoms with Gasteiger partial charge in [-0.05, 0) is 13.8 Å². The Hall–Kier alpha value is -0.830. The van der Waals surface area contributed by atoms with Gasteiger partial charge in [-0.25, -0.2) is 0 Å². The summed E-state index contributed by atoms with van der Waals surface area (Å²) in [5, 5.41) is 11.2. The highest BCUT2D eigenvalue weighted by Gasteiger charge is 2.03. The van der Waals surface area contributed by atoms with Gasteiger partial charge in [0.1, 0.15) is 0 Å². The molecule has 0 radical (unpaired) electrons. The maximum absolute atomic E-state index is 10.9. The molecule has 1 amide bonds. The molecule has 3 nitrogen and oxygen atoms in total. The Balaban J connectivity index is 3.91. The molecule has 58 valence electrons. The predicted molar refractivity (Wildman–Crippen MR) is 39.5 cm³/mol. The number of nitrogens with one attached hydrogen (secondary N) is 1. The molecule has 0 fully saturated rings. The third kappa shape index (κ3) is 2.64. The first-order valence-electron chi connectivity index (χ1n) is 3.30. The lowest BCUT2D eigenvalue weighted by atomic mass is 10.2. The summed E-state index contributed by atoms with van der Waals surface area (Å²) in [6.45, 7) is 3.96. The molecule has 0 bridgehead atoms. The largest absolute Gasteiger partial charge is 0.391 e. The number of likely N-dealkylation sites (N-methyl/N-ethyl adjacent to an activating group) is 1. The Morgan fingerprint density at radius 2 is 2.30 bits per heavy atom. The average molecular weight is 143 g/mol. The first kappa shape index (κ1) is 9.17. The third-order valence-corrected chi connectivity index (χ3v) is 1.15. The molecule has 0 spiro atoms. The summed E-state index contributed by atoms with van der Waals surface area (Å²) in [6, 6.07) is 0. The Labute approximate surface area is 60.7 Å². The van der Waals surface area contributed by atoms with Gasteiger partial charge >= 0.3 is 0 Å². The summed E-state index contributed by atoms with van der Waals surface area (Å²) in [5.41, 5.74) is 0.418. The molecule has 0 aromatic carbocycles. The maximum Gasteiger partial charge on any atom is 0.249 e. The molecule has 0 unspecified atom stereocenters. The minimum atomic E-state index is -0.192. The van der Waals surface area contributed by atoms with Gasteiger partial charge in [-0.1, -0.05) is 6.08 Å². The van der Waals surface area contributed by atoms with Crippen LogP contribution in [0.2, 0.25) is 0 Å². The molecule has 0 aromatic rings. The van der Waals surface area contributed by atoms with Crippen LogP contribution in [0.1, 0.15) is 13.8 Å². The SMILES string of the molecule is C/C=C(/CO)C(=O)NCC. The van der Waals surface area contributed by atoms with E-state index in [0.29, 0.717) is 12.1 Å². The topological polar surface area (TPSA) is 49.3 Å². The van der Waals surface area contributed by atoms with Gasteiger partial charge in [0.25, 0.3) is 0 Å². The fourth-order valence-corrected chi connectivity index (χ4v) is 0.568. The second-order valence-corrected chi connectivity index (χ2v) is 1.83. The van der Waals surface area contributed by atoms with Crippen LogP contribution in [0.15, 0.2) is 11.6 Å². The minimum Gasteiger partial charge on any atom is -0.391 e. The normalized spacial score (nSPS) is 11.3. The van der Waals surface area contributed by atoms with Crippen LogP contribution in [0, 0.1) is 0 Å². The number of carbonyl (C=O) groups is 1. The van der Waals surface area contributed by atoms with Crippen LogP contribution in [-0.2, 0) is 4.79 Å². The van der Waals surface area contributed by atoms with Crippen LogP contribution in [-0.4, -0.2) is 24.2 Å². The van der Waals surface area contributed by atoms with E-state index in [9.17, 15) is 4.79 Å². The summed E-state index contributed by atoms with van der Waals surface area (Å²) in [5.74, 6) is -0.187. The number of carbonyl (C=O) groups excluding carboxylic acids is 1. The van der Waals surface area contributed by atoms with Crippen LogP contribution in [0.25, 0.3) is 0 Å². The quantitative estimate of drug-likeness (QED) is 0.549. The third-order valence-electron chi connectivity index (χ3n) is 1.15. The molecule has 0 aliphatic heterocycles. The molecule has 0 rings (SSSR count). The monoisotopic (exact) mass is 143 g/mol. The number of allylic oxidation sites excluding steroid dienone is 1. The van der Waals surface area contributed by atoms with E-state index in [1.807, 2.05) is 6.92 Å². The second kappa shape index (κ2) is 4.99. The van der Waals surface area contributed by atoms with Crippen molar-refractivity contribution in [3.05, 3.63) is 11.6 Å². The summed E-state index contributed by atoms with van der Waals surface area (Å²) < 4.78 is 0. The zero-order valence-corrected chi connectivity index (χ0v) is 6.35. The number of aliphatic hydroxyl groups is 1. The Morgan fingerprint density at radius 3 is 2.60 bits per heavy atom. The number of rotatable bonds is 3. The number of hydrogen-bond donors (Lipinski definition) is 2. The Bertz CT molecular complexity index is 141. The van der Waals surface area contributed by atoms with E-state index in [4.69, 9.17) is 5.11 Å². The number of amides is 1. The van der Waals surface area contributed by atoms with Gasteiger partial charge in [-0.15, -0.1) is 0 Å². The highest BCUT2D eigenvalue weighted by atomic mass is 16.3. The molecule has 2 N–H and O–H groups in total. The summed E-state index contributed by atoms with van der Waals surface area (Å²) in [7, 11) is 0. The van der Waals surface area contributed by atoms with E-state index >= 15 is 0 Å². The standard InChI is InChI=1S/C7H13NO2/c1-3-6(5-9)7(10)8-4-2/h3,9H,4-5H2,1-2H3,(H,8,10)/b6-3-. The van der Waals surface area contributed by atoms with Crippen molar-refractivity contribution in [1.29, 1.82) is 0 Å². The fraction of sp³-hybridized carbons (Fsp3) is 0.571. The zero-order chi connectivity index (χ0) is 7.98. The highest BCUT2D eigenvalue weighted by molar-refractivity contribution is 5.93. The van der Waals surface area contributed by atoms with Crippen molar-refractivity contribution in [2.45, 2.75) is 13.8 Å². The second-order valence-electron chi connectivity index (χ2n) is 1.83. The zero-order valence-electron chi connectivity index (χ0n) is 6.35. The van der Waals surface area contributed by atoms with Crippen molar-refractivity contribution in [2.75, 3.05) is 13.2 Å². The predicted octanol–water partition coefficient (Wildman–Crippen LogP) is 0.0611. The van der Waals surface area contributed by atoms with Crippen LogP contribution >= 0.6 is 0 Å². The summed E-state index contributed by atoms with van der Waals surface area (Å²) in [4.78, 5) is 10.9. The van der Waals surface area contributed by atoms with Crippen LogP contribution in [0.4, 0.5) is 0 Å². The molecule has 0 aromatic heterocycles. The smallest absolute Gasteiger partial charge is 0.249 e. The van der Waals surface area contributed by atoms with Gasteiger partial charge in [-0.2, -0.15) is 0 Å². The van der Waals surface area contributed by atoms with Crippen molar-refractivity contribution in [3.8, 4) is 0 Å². The molecule has 0 saturated carbocycles. The lowest BCUT2D eigenvalue weighted by Gasteiger charge is -2.01. The molecule has 0 heterocycles. The molecule has 0 aliphatic rings. The summed E-state index contributed by atoms with van der Waals surface area (Å²) >= 11 is 0. The van der Waals surface area contributed by atoms with Crippen molar-refractivity contribution >= 4 is 5.91 Å². The highest BCUT2D eigenvalue weighted by Crippen LogP contribution is 1.90. The first-order valence-corrected chi connectivity index (χ1v) is 3.30. The van der Waals surface area contributed by atoms with E-state index in [1.54, 1.807) is 13.0 Å². The van der Waals surface area contributed by atoms with Gasteiger partial charge in [0.2, 0.25) is 5.91 Å². The van der Waals surface area contributed by atoms with Gasteiger partial charge in [0, 0.05) is 12.1 Å². The number of hydrogen-bond acceptors (Lipinski definition) is 2. The molecule has 0 saturated heterocycles. The molecule has 0 aliphatic carbocycles. The molecule has 0 atom stereocenters. The van der Waals surface area contributed by atoms with Crippen molar-refractivity contribution in [2.24, 2.45) is 0 Å². The van der Waals surface area contributed by atoms with E-state index < -0.39 is 0 Å². The summed E-state index contributed by atoms with van der Waals surface area (Å²) in [6.07, 6.45) is 1.60. The fourth-order valence-electron chi connectivity index (χ4n) is 0.568. The van der Waals surface area contributed by atoms with Crippen LogP contribution in [0.5, 0.6) is 0 Å². The maximum atomic E-state index is 10.9.